The van der Waals surface area contributed by atoms with Crippen molar-refractivity contribution in [3.05, 3.63) is 18.2 Å². The van der Waals surface area contributed by atoms with Crippen molar-refractivity contribution in [3.63, 3.8) is 0 Å². The van der Waals surface area contributed by atoms with Gasteiger partial charge in [0.25, 0.3) is 0 Å². The zero-order valence-corrected chi connectivity index (χ0v) is 14.1. The molecule has 1 fully saturated rings. The monoisotopic (exact) mass is 341 g/mol. The van der Waals surface area contributed by atoms with Crippen molar-refractivity contribution in [1.82, 2.24) is 4.31 Å². The summed E-state index contributed by atoms with van der Waals surface area (Å²) in [5.41, 5.74) is -0.334. The molecule has 0 radical (unpaired) electrons. The molecule has 1 saturated heterocycles. The normalized spacial score (nSPS) is 25.3. The van der Waals surface area contributed by atoms with Crippen LogP contribution in [0.25, 0.3) is 0 Å². The lowest BCUT2D eigenvalue weighted by molar-refractivity contribution is 0.0609. The molecule has 0 spiro atoms. The Hall–Kier alpha value is -1.31. The Morgan fingerprint density at radius 1 is 1.26 bits per heavy atom. The molecule has 2 heterocycles. The van der Waals surface area contributed by atoms with Crippen LogP contribution in [0.3, 0.4) is 0 Å². The molecule has 0 unspecified atom stereocenters. The fourth-order valence-corrected chi connectivity index (χ4v) is 4.84. The molecule has 0 aromatic heterocycles. The Kier molecular flexibility index (Phi) is 4.53. The van der Waals surface area contributed by atoms with Crippen molar-refractivity contribution in [2.45, 2.75) is 31.1 Å². The van der Waals surface area contributed by atoms with Crippen LogP contribution in [0, 0.1) is 5.41 Å². The van der Waals surface area contributed by atoms with E-state index in [1.54, 1.807) is 12.1 Å². The van der Waals surface area contributed by atoms with E-state index in [4.69, 9.17) is 9.47 Å². The molecular weight excluding hydrogens is 318 g/mol. The standard InChI is InChI=1S/C16H23NO5S/c1-2-16(12-18)6-3-7-17(11-16)23(19,20)13-4-5-14-15(10-13)22-9-8-21-14/h4-5,10,18H,2-3,6-9,11-12H2,1H3/t16-/m0/s1. The lowest BCUT2D eigenvalue weighted by Crippen LogP contribution is -2.47. The summed E-state index contributed by atoms with van der Waals surface area (Å²) < 4.78 is 38.3. The molecular formula is C16H23NO5S. The van der Waals surface area contributed by atoms with E-state index in [0.717, 1.165) is 19.3 Å². The molecule has 2 aliphatic heterocycles. The van der Waals surface area contributed by atoms with Crippen molar-refractivity contribution < 1.29 is 23.0 Å². The van der Waals surface area contributed by atoms with E-state index in [2.05, 4.69) is 0 Å². The van der Waals surface area contributed by atoms with Gasteiger partial charge in [0.05, 0.1) is 4.90 Å². The number of benzene rings is 1. The summed E-state index contributed by atoms with van der Waals surface area (Å²) in [6.07, 6.45) is 2.38. The fraction of sp³-hybridized carbons (Fsp3) is 0.625. The second-order valence-electron chi connectivity index (χ2n) is 6.26. The SMILES string of the molecule is CC[C@]1(CO)CCCN(S(=O)(=O)c2ccc3c(c2)OCCO3)C1. The number of aliphatic hydroxyl groups excluding tert-OH is 1. The number of piperidine rings is 1. The fourth-order valence-electron chi connectivity index (χ4n) is 3.23. The third-order valence-electron chi connectivity index (χ3n) is 4.86. The average molecular weight is 341 g/mol. The van der Waals surface area contributed by atoms with Gasteiger partial charge in [0, 0.05) is 31.2 Å². The molecule has 1 aromatic carbocycles. The van der Waals surface area contributed by atoms with Crippen LogP contribution >= 0.6 is 0 Å². The Morgan fingerprint density at radius 3 is 2.70 bits per heavy atom. The highest BCUT2D eigenvalue weighted by molar-refractivity contribution is 7.89. The molecule has 6 nitrogen and oxygen atoms in total. The molecule has 0 aliphatic carbocycles. The zero-order chi connectivity index (χ0) is 16.5. The van der Waals surface area contributed by atoms with E-state index in [0.29, 0.717) is 37.8 Å². The maximum Gasteiger partial charge on any atom is 0.243 e. The van der Waals surface area contributed by atoms with Crippen molar-refractivity contribution in [1.29, 1.82) is 0 Å². The van der Waals surface area contributed by atoms with Crippen molar-refractivity contribution in [3.8, 4) is 11.5 Å². The van der Waals surface area contributed by atoms with Crippen LogP contribution in [0.4, 0.5) is 0 Å². The minimum atomic E-state index is -3.60. The molecule has 3 rings (SSSR count). The molecule has 1 atom stereocenters. The maximum atomic E-state index is 12.9. The summed E-state index contributed by atoms with van der Waals surface area (Å²) in [6, 6.07) is 4.74. The predicted molar refractivity (Wildman–Crippen MR) is 85.2 cm³/mol. The van der Waals surface area contributed by atoms with Crippen LogP contribution in [0.5, 0.6) is 11.5 Å². The van der Waals surface area contributed by atoms with Crippen molar-refractivity contribution >= 4 is 10.0 Å². The first-order valence-corrected chi connectivity index (χ1v) is 9.45. The predicted octanol–water partition coefficient (Wildman–Crippen LogP) is 1.63. The minimum Gasteiger partial charge on any atom is -0.486 e. The number of fused-ring (bicyclic) bond motifs is 1. The van der Waals surface area contributed by atoms with Gasteiger partial charge >= 0.3 is 0 Å². The van der Waals surface area contributed by atoms with Crippen LogP contribution in [-0.2, 0) is 10.0 Å². The largest absolute Gasteiger partial charge is 0.486 e. The summed E-state index contributed by atoms with van der Waals surface area (Å²) in [4.78, 5) is 0.214. The van der Waals surface area contributed by atoms with Gasteiger partial charge in [-0.05, 0) is 31.4 Å². The number of hydrogen-bond acceptors (Lipinski definition) is 5. The number of nitrogens with zero attached hydrogens (tertiary/aromatic N) is 1. The van der Waals surface area contributed by atoms with Gasteiger partial charge < -0.3 is 14.6 Å². The van der Waals surface area contributed by atoms with E-state index in [1.807, 2.05) is 6.92 Å². The van der Waals surface area contributed by atoms with Gasteiger partial charge in [0.2, 0.25) is 10.0 Å². The summed E-state index contributed by atoms with van der Waals surface area (Å²) in [6.45, 7) is 3.74. The molecule has 2 aliphatic rings. The Balaban J connectivity index is 1.89. The lowest BCUT2D eigenvalue weighted by atomic mass is 9.79. The number of sulfonamides is 1. The van der Waals surface area contributed by atoms with E-state index in [9.17, 15) is 13.5 Å². The third-order valence-corrected chi connectivity index (χ3v) is 6.70. The van der Waals surface area contributed by atoms with E-state index in [1.165, 1.54) is 10.4 Å². The van der Waals surface area contributed by atoms with Gasteiger partial charge in [-0.3, -0.25) is 0 Å². The maximum absolute atomic E-state index is 12.9. The van der Waals surface area contributed by atoms with Crippen molar-refractivity contribution in [2.75, 3.05) is 32.9 Å². The second kappa shape index (κ2) is 6.30. The molecule has 23 heavy (non-hydrogen) atoms. The average Bonchev–Trinajstić information content (AvgIpc) is 2.61. The lowest BCUT2D eigenvalue weighted by Gasteiger charge is -2.40. The highest BCUT2D eigenvalue weighted by atomic mass is 32.2. The summed E-state index contributed by atoms with van der Waals surface area (Å²) >= 11 is 0. The number of hydrogen-bond donors (Lipinski definition) is 1. The molecule has 1 N–H and O–H groups in total. The topological polar surface area (TPSA) is 76.1 Å². The summed E-state index contributed by atoms with van der Waals surface area (Å²) in [7, 11) is -3.60. The Morgan fingerprint density at radius 2 is 2.00 bits per heavy atom. The number of aliphatic hydroxyl groups is 1. The van der Waals surface area contributed by atoms with Crippen molar-refractivity contribution in [2.24, 2.45) is 5.41 Å². The third kappa shape index (κ3) is 3.05. The van der Waals surface area contributed by atoms with Gasteiger partial charge in [-0.15, -0.1) is 0 Å². The first-order valence-electron chi connectivity index (χ1n) is 8.01. The minimum absolute atomic E-state index is 0.0106. The Bertz CT molecular complexity index is 669. The van der Waals surface area contributed by atoms with E-state index < -0.39 is 10.0 Å². The van der Waals surface area contributed by atoms with E-state index in [-0.39, 0.29) is 16.9 Å². The van der Waals surface area contributed by atoms with Gasteiger partial charge in [-0.2, -0.15) is 4.31 Å². The summed E-state index contributed by atoms with van der Waals surface area (Å²) in [5, 5.41) is 9.70. The highest BCUT2D eigenvalue weighted by Crippen LogP contribution is 2.37. The molecule has 0 saturated carbocycles. The molecule has 128 valence electrons. The van der Waals surface area contributed by atoms with Crippen LogP contribution in [-0.4, -0.2) is 50.7 Å². The van der Waals surface area contributed by atoms with Gasteiger partial charge in [0.1, 0.15) is 13.2 Å². The quantitative estimate of drug-likeness (QED) is 0.901. The molecule has 7 heteroatoms. The van der Waals surface area contributed by atoms with E-state index >= 15 is 0 Å². The Labute approximate surface area is 137 Å². The van der Waals surface area contributed by atoms with Crippen LogP contribution in [0.15, 0.2) is 23.1 Å². The first-order chi connectivity index (χ1) is 11.0. The van der Waals surface area contributed by atoms with Gasteiger partial charge in [-0.25, -0.2) is 8.42 Å². The first kappa shape index (κ1) is 16.5. The van der Waals surface area contributed by atoms with Gasteiger partial charge in [0.15, 0.2) is 11.5 Å². The molecule has 0 amide bonds. The number of ether oxygens (including phenoxy) is 2. The molecule has 0 bridgehead atoms. The highest BCUT2D eigenvalue weighted by Gasteiger charge is 2.38. The van der Waals surface area contributed by atoms with Crippen LogP contribution in [0.2, 0.25) is 0 Å². The molecule has 1 aromatic rings. The zero-order valence-electron chi connectivity index (χ0n) is 13.3. The van der Waals surface area contributed by atoms with Gasteiger partial charge in [-0.1, -0.05) is 6.92 Å². The second-order valence-corrected chi connectivity index (χ2v) is 8.20. The summed E-state index contributed by atoms with van der Waals surface area (Å²) in [5.74, 6) is 1.05. The smallest absolute Gasteiger partial charge is 0.243 e. The van der Waals surface area contributed by atoms with Crippen LogP contribution in [0.1, 0.15) is 26.2 Å². The number of rotatable bonds is 4. The van der Waals surface area contributed by atoms with Crippen LogP contribution < -0.4 is 9.47 Å².